The van der Waals surface area contributed by atoms with Crippen molar-refractivity contribution in [3.8, 4) is 12.3 Å². The molecule has 0 aliphatic carbocycles. The minimum atomic E-state index is -0.296. The van der Waals surface area contributed by atoms with Crippen molar-refractivity contribution in [2.24, 2.45) is 5.73 Å². The molecule has 0 fully saturated rings. The molecule has 3 N–H and O–H groups in total. The van der Waals surface area contributed by atoms with Crippen molar-refractivity contribution in [1.82, 2.24) is 5.32 Å². The van der Waals surface area contributed by atoms with E-state index in [4.69, 9.17) is 12.2 Å². The fourth-order valence-electron chi connectivity index (χ4n) is 1.32. The maximum atomic E-state index is 9.38. The monoisotopic (exact) mass is 290 g/mol. The first-order valence-electron chi connectivity index (χ1n) is 7.30. The Labute approximate surface area is 130 Å². The van der Waals surface area contributed by atoms with Crippen LogP contribution < -0.4 is 11.1 Å². The number of nitrogens with one attached hydrogen (secondary N) is 1. The van der Waals surface area contributed by atoms with Gasteiger partial charge in [-0.1, -0.05) is 31.9 Å². The predicted molar refractivity (Wildman–Crippen MR) is 92.3 cm³/mol. The second-order valence-electron chi connectivity index (χ2n) is 5.15. The number of terminal acetylenes is 1. The second-order valence-corrected chi connectivity index (χ2v) is 5.15. The molecule has 0 heterocycles. The third-order valence-electron chi connectivity index (χ3n) is 2.66. The lowest BCUT2D eigenvalue weighted by Gasteiger charge is -2.23. The van der Waals surface area contributed by atoms with E-state index in [0.717, 1.165) is 12.0 Å². The Bertz CT molecular complexity index is 414. The Balaban J connectivity index is 0. The van der Waals surface area contributed by atoms with E-state index in [2.05, 4.69) is 37.2 Å². The van der Waals surface area contributed by atoms with Crippen LogP contribution in [0.4, 0.5) is 0 Å². The molecule has 3 heteroatoms. The van der Waals surface area contributed by atoms with Gasteiger partial charge in [0.2, 0.25) is 0 Å². The summed E-state index contributed by atoms with van der Waals surface area (Å²) in [5.41, 5.74) is 7.31. The number of benzene rings is 1. The maximum absolute atomic E-state index is 9.38. The zero-order valence-corrected chi connectivity index (χ0v) is 14.2. The minimum absolute atomic E-state index is 0.137. The fraction of sp³-hybridized carbons (Fsp3) is 0.500. The van der Waals surface area contributed by atoms with Crippen LogP contribution in [0.1, 0.15) is 45.7 Å². The highest BCUT2D eigenvalue weighted by Gasteiger charge is 2.14. The van der Waals surface area contributed by atoms with Gasteiger partial charge in [-0.15, -0.1) is 6.42 Å². The van der Waals surface area contributed by atoms with Crippen molar-refractivity contribution in [1.29, 1.82) is 0 Å². The van der Waals surface area contributed by atoms with Crippen molar-refractivity contribution < 1.29 is 4.79 Å². The lowest BCUT2D eigenvalue weighted by atomic mass is 9.95. The van der Waals surface area contributed by atoms with E-state index in [9.17, 15) is 4.79 Å². The average Bonchev–Trinajstić information content (AvgIpc) is 2.50. The molecule has 0 radical (unpaired) electrons. The topological polar surface area (TPSA) is 55.1 Å². The van der Waals surface area contributed by atoms with Gasteiger partial charge in [0.05, 0.1) is 6.04 Å². The van der Waals surface area contributed by atoms with Crippen molar-refractivity contribution in [3.63, 3.8) is 0 Å². The zero-order chi connectivity index (χ0) is 16.9. The van der Waals surface area contributed by atoms with Crippen LogP contribution in [0.2, 0.25) is 0 Å². The van der Waals surface area contributed by atoms with Crippen molar-refractivity contribution in [2.45, 2.75) is 52.6 Å². The summed E-state index contributed by atoms with van der Waals surface area (Å²) in [6.45, 7) is 10.00. The summed E-state index contributed by atoms with van der Waals surface area (Å²) >= 11 is 0. The summed E-state index contributed by atoms with van der Waals surface area (Å²) in [4.78, 5) is 9.38. The van der Waals surface area contributed by atoms with Gasteiger partial charge in [0, 0.05) is 11.1 Å². The molecular formula is C18H30N2O. The molecule has 1 unspecified atom stereocenters. The average molecular weight is 290 g/mol. The molecule has 0 aliphatic rings. The van der Waals surface area contributed by atoms with Gasteiger partial charge in [-0.2, -0.15) is 0 Å². The predicted octanol–water partition coefficient (Wildman–Crippen LogP) is 2.77. The first-order valence-corrected chi connectivity index (χ1v) is 7.30. The highest BCUT2D eigenvalue weighted by molar-refractivity contribution is 5.55. The lowest BCUT2D eigenvalue weighted by Crippen LogP contribution is -2.38. The quantitative estimate of drug-likeness (QED) is 0.662. The Morgan fingerprint density at radius 2 is 1.76 bits per heavy atom. The molecular weight excluding hydrogens is 260 g/mol. The molecule has 1 atom stereocenters. The Morgan fingerprint density at radius 1 is 1.33 bits per heavy atom. The summed E-state index contributed by atoms with van der Waals surface area (Å²) in [6.07, 6.45) is 6.99. The third kappa shape index (κ3) is 11.9. The summed E-state index contributed by atoms with van der Waals surface area (Å²) in [5, 5.41) is 3.28. The van der Waals surface area contributed by atoms with E-state index in [1.54, 1.807) is 6.92 Å². The highest BCUT2D eigenvalue weighted by Crippen LogP contribution is 2.12. The van der Waals surface area contributed by atoms with Crippen LogP contribution in [0.25, 0.3) is 0 Å². The number of hydrogen-bond donors (Lipinski definition) is 2. The number of likely N-dealkylation sites (N-methyl/N-ethyl adjacent to an activating group) is 1. The first kappa shape index (κ1) is 21.7. The molecule has 0 aromatic heterocycles. The minimum Gasteiger partial charge on any atom is -0.322 e. The molecule has 1 aromatic carbocycles. The van der Waals surface area contributed by atoms with Gasteiger partial charge >= 0.3 is 0 Å². The standard InChI is InChI=1S/C13H17N.C3H7NO.C2H6/c1-5-11-6-8-12(9-7-11)10-13(2,3)14-4;1-3(4)2-5;1-2/h1,6-9,14H,10H2,2-4H3;2-3H,4H2,1H3;1-2H3. The van der Waals surface area contributed by atoms with E-state index in [0.29, 0.717) is 6.29 Å². The van der Waals surface area contributed by atoms with Crippen molar-refractivity contribution >= 4 is 6.29 Å². The number of nitrogens with two attached hydrogens (primary N) is 1. The number of hydrogen-bond acceptors (Lipinski definition) is 3. The van der Waals surface area contributed by atoms with Crippen molar-refractivity contribution in [2.75, 3.05) is 7.05 Å². The summed E-state index contributed by atoms with van der Waals surface area (Å²) in [7, 11) is 1.98. The van der Waals surface area contributed by atoms with Gasteiger partial charge in [0.1, 0.15) is 6.29 Å². The van der Waals surface area contributed by atoms with E-state index in [1.165, 1.54) is 5.56 Å². The highest BCUT2D eigenvalue weighted by atomic mass is 16.1. The summed E-state index contributed by atoms with van der Waals surface area (Å²) in [5.74, 6) is 2.62. The number of rotatable bonds is 4. The third-order valence-corrected chi connectivity index (χ3v) is 2.66. The molecule has 0 aliphatic heterocycles. The van der Waals surface area contributed by atoms with Crippen LogP contribution in [0.15, 0.2) is 24.3 Å². The van der Waals surface area contributed by atoms with E-state index < -0.39 is 0 Å². The van der Waals surface area contributed by atoms with Crippen LogP contribution in [0.5, 0.6) is 0 Å². The molecule has 118 valence electrons. The van der Waals surface area contributed by atoms with Gasteiger partial charge in [-0.25, -0.2) is 0 Å². The molecule has 0 saturated carbocycles. The normalized spacial score (nSPS) is 11.0. The van der Waals surface area contributed by atoms with Gasteiger partial charge in [-0.05, 0) is 51.9 Å². The summed E-state index contributed by atoms with van der Waals surface area (Å²) < 4.78 is 0. The Hall–Kier alpha value is -1.63. The Morgan fingerprint density at radius 3 is 2.05 bits per heavy atom. The lowest BCUT2D eigenvalue weighted by molar-refractivity contribution is -0.108. The van der Waals surface area contributed by atoms with Crippen molar-refractivity contribution in [3.05, 3.63) is 35.4 Å². The van der Waals surface area contributed by atoms with E-state index >= 15 is 0 Å². The maximum Gasteiger partial charge on any atom is 0.136 e. The molecule has 1 aromatic rings. The molecule has 21 heavy (non-hydrogen) atoms. The zero-order valence-electron chi connectivity index (χ0n) is 14.2. The molecule has 0 saturated heterocycles. The van der Waals surface area contributed by atoms with Crippen LogP contribution in [-0.4, -0.2) is 24.9 Å². The largest absolute Gasteiger partial charge is 0.322 e. The molecule has 1 rings (SSSR count). The van der Waals surface area contributed by atoms with E-state index in [1.807, 2.05) is 33.0 Å². The first-order chi connectivity index (χ1) is 9.84. The van der Waals surface area contributed by atoms with Gasteiger partial charge < -0.3 is 15.8 Å². The van der Waals surface area contributed by atoms with Crippen LogP contribution in [0.3, 0.4) is 0 Å². The Kier molecular flexibility index (Phi) is 12.5. The van der Waals surface area contributed by atoms with Crippen LogP contribution >= 0.6 is 0 Å². The number of carbonyl (C=O) groups excluding carboxylic acids is 1. The number of carbonyl (C=O) groups is 1. The molecule has 0 bridgehead atoms. The molecule has 0 spiro atoms. The molecule has 3 nitrogen and oxygen atoms in total. The SMILES string of the molecule is C#Cc1ccc(CC(C)(C)NC)cc1.CC.CC(N)C=O. The fourth-order valence-corrected chi connectivity index (χ4v) is 1.32. The van der Waals surface area contributed by atoms with Crippen LogP contribution in [0, 0.1) is 12.3 Å². The van der Waals surface area contributed by atoms with Crippen LogP contribution in [-0.2, 0) is 11.2 Å². The van der Waals surface area contributed by atoms with Gasteiger partial charge in [0.15, 0.2) is 0 Å². The molecule has 0 amide bonds. The van der Waals surface area contributed by atoms with Gasteiger partial charge in [0.25, 0.3) is 0 Å². The van der Waals surface area contributed by atoms with Gasteiger partial charge in [-0.3, -0.25) is 0 Å². The van der Waals surface area contributed by atoms with E-state index in [-0.39, 0.29) is 11.6 Å². The second kappa shape index (κ2) is 12.1. The smallest absolute Gasteiger partial charge is 0.136 e. The number of aldehydes is 1. The summed E-state index contributed by atoms with van der Waals surface area (Å²) in [6, 6.07) is 7.86.